The van der Waals surface area contributed by atoms with Gasteiger partial charge in [-0.15, -0.1) is 0 Å². The van der Waals surface area contributed by atoms with Crippen LogP contribution in [0.3, 0.4) is 0 Å². The molecule has 7 aromatic carbocycles. The van der Waals surface area contributed by atoms with Crippen LogP contribution in [0, 0.1) is 12.3 Å². The highest BCUT2D eigenvalue weighted by Crippen LogP contribution is 2.51. The van der Waals surface area contributed by atoms with Gasteiger partial charge in [0.05, 0.1) is 0 Å². The zero-order chi connectivity index (χ0) is 34.1. The summed E-state index contributed by atoms with van der Waals surface area (Å²) in [6, 6.07) is 50.3. The molecule has 49 heavy (non-hydrogen) atoms. The summed E-state index contributed by atoms with van der Waals surface area (Å²) in [7, 11) is 0. The second-order valence-corrected chi connectivity index (χ2v) is 16.2. The van der Waals surface area contributed by atoms with E-state index in [2.05, 4.69) is 187 Å². The van der Waals surface area contributed by atoms with Crippen molar-refractivity contribution >= 4 is 38.6 Å². The Kier molecular flexibility index (Phi) is 7.30. The lowest BCUT2D eigenvalue weighted by Gasteiger charge is -2.29. The van der Waals surface area contributed by atoms with Crippen molar-refractivity contribution < 1.29 is 0 Å². The third-order valence-electron chi connectivity index (χ3n) is 10.1. The number of anilines is 3. The number of nitrogens with zero attached hydrogens (tertiary/aromatic N) is 1. The van der Waals surface area contributed by atoms with Gasteiger partial charge in [-0.1, -0.05) is 114 Å². The number of aryl methyl sites for hydroxylation is 1. The van der Waals surface area contributed by atoms with Gasteiger partial charge in [-0.3, -0.25) is 0 Å². The van der Waals surface area contributed by atoms with Gasteiger partial charge in [0.1, 0.15) is 0 Å². The molecule has 1 nitrogen and oxygen atoms in total. The molecule has 242 valence electrons. The molecule has 0 bridgehead atoms. The molecule has 0 saturated heterocycles. The van der Waals surface area contributed by atoms with E-state index in [9.17, 15) is 0 Å². The predicted molar refractivity (Wildman–Crippen MR) is 213 cm³/mol. The predicted octanol–water partition coefficient (Wildman–Crippen LogP) is 14.0. The summed E-state index contributed by atoms with van der Waals surface area (Å²) in [6.45, 7) is 15.9. The fourth-order valence-electron chi connectivity index (χ4n) is 7.55. The van der Waals surface area contributed by atoms with Gasteiger partial charge >= 0.3 is 0 Å². The first kappa shape index (κ1) is 31.1. The lowest BCUT2D eigenvalue weighted by atomic mass is 9.77. The Morgan fingerprint density at radius 3 is 1.67 bits per heavy atom. The molecule has 1 aliphatic carbocycles. The van der Waals surface area contributed by atoms with Crippen LogP contribution >= 0.6 is 0 Å². The van der Waals surface area contributed by atoms with E-state index in [1.165, 1.54) is 88.7 Å². The molecule has 0 N–H and O–H groups in total. The van der Waals surface area contributed by atoms with Gasteiger partial charge < -0.3 is 4.90 Å². The maximum atomic E-state index is 2.43. The van der Waals surface area contributed by atoms with E-state index in [4.69, 9.17) is 0 Å². The second kappa shape index (κ2) is 11.5. The molecule has 7 aromatic rings. The maximum Gasteiger partial charge on any atom is 0.0490 e. The summed E-state index contributed by atoms with van der Waals surface area (Å²) in [6.07, 6.45) is 1.03. The van der Waals surface area contributed by atoms with E-state index in [1.54, 1.807) is 0 Å². The van der Waals surface area contributed by atoms with E-state index in [0.717, 1.165) is 6.42 Å². The molecular formula is C48H45N. The molecule has 1 heteroatoms. The number of para-hydroxylation sites is 1. The van der Waals surface area contributed by atoms with Crippen molar-refractivity contribution in [3.8, 4) is 33.4 Å². The van der Waals surface area contributed by atoms with Gasteiger partial charge in [-0.25, -0.2) is 0 Å². The van der Waals surface area contributed by atoms with Crippen LogP contribution in [0.4, 0.5) is 17.1 Å². The Labute approximate surface area is 291 Å². The van der Waals surface area contributed by atoms with Crippen LogP contribution in [-0.4, -0.2) is 0 Å². The van der Waals surface area contributed by atoms with Crippen LogP contribution < -0.4 is 4.90 Å². The Morgan fingerprint density at radius 2 is 1.04 bits per heavy atom. The second-order valence-electron chi connectivity index (χ2n) is 16.2. The van der Waals surface area contributed by atoms with Crippen molar-refractivity contribution in [1.29, 1.82) is 0 Å². The van der Waals surface area contributed by atoms with Crippen molar-refractivity contribution in [2.75, 3.05) is 4.90 Å². The molecule has 0 heterocycles. The molecule has 0 atom stereocenters. The van der Waals surface area contributed by atoms with Crippen molar-refractivity contribution in [2.24, 2.45) is 5.41 Å². The van der Waals surface area contributed by atoms with E-state index in [1.807, 2.05) is 0 Å². The Morgan fingerprint density at radius 1 is 0.469 bits per heavy atom. The largest absolute Gasteiger partial charge is 0.310 e. The highest BCUT2D eigenvalue weighted by Gasteiger charge is 2.25. The fraction of sp³-hybridized carbons (Fsp3) is 0.208. The number of hydrogen-bond acceptors (Lipinski definition) is 1. The monoisotopic (exact) mass is 635 g/mol. The zero-order valence-corrected chi connectivity index (χ0v) is 29.9. The minimum atomic E-state index is 0.151. The standard InChI is InChI=1S/C48H45N/c1-31-11-8-9-14-46(31)49(40-13-10-12-32(23-40)30-47(2,3)4)41-22-19-36-27-43-42-26-35-16-15-34(33-17-20-39(21-18-33)48(5,6)7)24-37(35)28-44(42)45(43)29-38(36)25-41/h8-29H,30H2,1-7H3. The van der Waals surface area contributed by atoms with Crippen LogP contribution in [0.25, 0.3) is 54.9 Å². The highest BCUT2D eigenvalue weighted by molar-refractivity contribution is 6.12. The van der Waals surface area contributed by atoms with Gasteiger partial charge in [0.2, 0.25) is 0 Å². The zero-order valence-electron chi connectivity index (χ0n) is 29.9. The number of rotatable bonds is 5. The Hall–Kier alpha value is -5.14. The Balaban J connectivity index is 1.18. The lowest BCUT2D eigenvalue weighted by Crippen LogP contribution is -2.13. The van der Waals surface area contributed by atoms with Crippen molar-refractivity contribution in [2.45, 2.75) is 60.3 Å². The molecule has 0 spiro atoms. The average molecular weight is 636 g/mol. The minimum Gasteiger partial charge on any atom is -0.310 e. The average Bonchev–Trinajstić information content (AvgIpc) is 3.06. The number of hydrogen-bond donors (Lipinski definition) is 0. The van der Waals surface area contributed by atoms with Crippen LogP contribution in [-0.2, 0) is 11.8 Å². The van der Waals surface area contributed by atoms with Crippen molar-refractivity contribution in [3.05, 3.63) is 150 Å². The molecule has 0 amide bonds. The van der Waals surface area contributed by atoms with E-state index in [0.29, 0.717) is 0 Å². The SMILES string of the molecule is Cc1ccccc1N(c1cccc(CC(C)(C)C)c1)c1ccc2cc3c(cc2c1)-c1cc2cc(-c4ccc(C(C)(C)C)cc4)ccc2cc1-3. The summed E-state index contributed by atoms with van der Waals surface area (Å²) in [5.74, 6) is 0. The summed E-state index contributed by atoms with van der Waals surface area (Å²) in [4.78, 5) is 2.43. The summed E-state index contributed by atoms with van der Waals surface area (Å²) >= 11 is 0. The highest BCUT2D eigenvalue weighted by atomic mass is 15.1. The molecule has 1 aliphatic rings. The molecule has 0 aromatic heterocycles. The normalized spacial score (nSPS) is 12.5. The van der Waals surface area contributed by atoms with Gasteiger partial charge in [0.15, 0.2) is 0 Å². The van der Waals surface area contributed by atoms with E-state index >= 15 is 0 Å². The molecule has 0 unspecified atom stereocenters. The van der Waals surface area contributed by atoms with Crippen LogP contribution in [0.2, 0.25) is 0 Å². The first-order valence-electron chi connectivity index (χ1n) is 17.6. The van der Waals surface area contributed by atoms with E-state index < -0.39 is 0 Å². The molecule has 0 aliphatic heterocycles. The third-order valence-corrected chi connectivity index (χ3v) is 10.1. The lowest BCUT2D eigenvalue weighted by molar-refractivity contribution is 0.411. The van der Waals surface area contributed by atoms with Crippen LogP contribution in [0.1, 0.15) is 58.2 Å². The number of fused-ring (bicyclic) bond motifs is 6. The smallest absolute Gasteiger partial charge is 0.0490 e. The van der Waals surface area contributed by atoms with Crippen molar-refractivity contribution in [3.63, 3.8) is 0 Å². The molecule has 0 radical (unpaired) electrons. The summed E-state index contributed by atoms with van der Waals surface area (Å²) < 4.78 is 0. The Bertz CT molecular complexity index is 2380. The minimum absolute atomic E-state index is 0.151. The first-order chi connectivity index (χ1) is 23.4. The van der Waals surface area contributed by atoms with Gasteiger partial charge in [0.25, 0.3) is 0 Å². The van der Waals surface area contributed by atoms with Crippen molar-refractivity contribution in [1.82, 2.24) is 0 Å². The molecule has 8 rings (SSSR count). The van der Waals surface area contributed by atoms with Gasteiger partial charge in [0, 0.05) is 17.1 Å². The first-order valence-corrected chi connectivity index (χ1v) is 17.6. The van der Waals surface area contributed by atoms with Gasteiger partial charge in [-0.05, 0) is 156 Å². The molecule has 0 fully saturated rings. The van der Waals surface area contributed by atoms with E-state index in [-0.39, 0.29) is 10.8 Å². The summed E-state index contributed by atoms with van der Waals surface area (Å²) in [5.41, 5.74) is 15.9. The molecular weight excluding hydrogens is 591 g/mol. The third kappa shape index (κ3) is 5.82. The van der Waals surface area contributed by atoms with Gasteiger partial charge in [-0.2, -0.15) is 0 Å². The molecule has 0 saturated carbocycles. The van der Waals surface area contributed by atoms with Crippen LogP contribution in [0.5, 0.6) is 0 Å². The summed E-state index contributed by atoms with van der Waals surface area (Å²) in [5, 5.41) is 5.11. The maximum absolute atomic E-state index is 2.43. The quantitative estimate of drug-likeness (QED) is 0.182. The topological polar surface area (TPSA) is 3.24 Å². The fourth-order valence-corrected chi connectivity index (χ4v) is 7.55. The number of benzene rings is 7. The van der Waals surface area contributed by atoms with Crippen LogP contribution in [0.15, 0.2) is 133 Å².